The van der Waals surface area contributed by atoms with Crippen LogP contribution >= 0.6 is 0 Å². The summed E-state index contributed by atoms with van der Waals surface area (Å²) in [6, 6.07) is 8.79. The number of pyridine rings is 1. The molecule has 1 aliphatic carbocycles. The summed E-state index contributed by atoms with van der Waals surface area (Å²) >= 11 is 0. The van der Waals surface area contributed by atoms with E-state index in [4.69, 9.17) is 13.9 Å². The highest BCUT2D eigenvalue weighted by molar-refractivity contribution is 6.07. The second-order valence-corrected chi connectivity index (χ2v) is 7.81. The molecule has 1 aliphatic heterocycles. The highest BCUT2D eigenvalue weighted by Crippen LogP contribution is 2.33. The molecule has 0 bridgehead atoms. The monoisotopic (exact) mass is 446 g/mol. The van der Waals surface area contributed by atoms with Crippen LogP contribution in [0.2, 0.25) is 0 Å². The Hall–Kier alpha value is -4.14. The molecule has 0 fully saturated rings. The quantitative estimate of drug-likeness (QED) is 0.582. The van der Waals surface area contributed by atoms with Gasteiger partial charge in [0, 0.05) is 42.0 Å². The minimum Gasteiger partial charge on any atom is -0.455 e. The molecule has 33 heavy (non-hydrogen) atoms. The summed E-state index contributed by atoms with van der Waals surface area (Å²) < 4.78 is 16.6. The zero-order valence-electron chi connectivity index (χ0n) is 18.0. The van der Waals surface area contributed by atoms with Crippen molar-refractivity contribution in [3.63, 3.8) is 0 Å². The predicted molar refractivity (Wildman–Crippen MR) is 118 cm³/mol. The lowest BCUT2D eigenvalue weighted by Gasteiger charge is -2.13. The number of fused-ring (bicyclic) bond motifs is 2. The topological polar surface area (TPSA) is 115 Å². The molecule has 168 valence electrons. The van der Waals surface area contributed by atoms with E-state index in [0.717, 1.165) is 17.5 Å². The fourth-order valence-corrected chi connectivity index (χ4v) is 4.00. The van der Waals surface area contributed by atoms with Gasteiger partial charge in [-0.05, 0) is 49.6 Å². The normalized spacial score (nSPS) is 15.2. The summed E-state index contributed by atoms with van der Waals surface area (Å²) in [7, 11) is 0. The number of amides is 2. The summed E-state index contributed by atoms with van der Waals surface area (Å²) in [5.74, 6) is 1.71. The second kappa shape index (κ2) is 8.78. The van der Waals surface area contributed by atoms with Gasteiger partial charge in [-0.2, -0.15) is 5.10 Å². The van der Waals surface area contributed by atoms with Crippen LogP contribution in [0.5, 0.6) is 11.5 Å². The number of aromatic nitrogens is 1. The van der Waals surface area contributed by atoms with Gasteiger partial charge < -0.3 is 19.2 Å². The minimum absolute atomic E-state index is 0.204. The van der Waals surface area contributed by atoms with Gasteiger partial charge in [0.25, 0.3) is 11.8 Å². The molecule has 3 heterocycles. The molecule has 2 N–H and O–H groups in total. The molecule has 0 saturated heterocycles. The third-order valence-corrected chi connectivity index (χ3v) is 5.66. The molecular weight excluding hydrogens is 424 g/mol. The van der Waals surface area contributed by atoms with Crippen molar-refractivity contribution in [2.45, 2.75) is 32.7 Å². The first-order valence-corrected chi connectivity index (χ1v) is 10.7. The maximum atomic E-state index is 12.9. The second-order valence-electron chi connectivity index (χ2n) is 7.81. The van der Waals surface area contributed by atoms with Crippen molar-refractivity contribution >= 4 is 17.5 Å². The van der Waals surface area contributed by atoms with E-state index >= 15 is 0 Å². The van der Waals surface area contributed by atoms with Gasteiger partial charge in [0.05, 0.1) is 5.71 Å². The molecule has 5 rings (SSSR count). The first kappa shape index (κ1) is 20.7. The third kappa shape index (κ3) is 4.17. The van der Waals surface area contributed by atoms with Crippen LogP contribution in [0, 0.1) is 6.92 Å². The Kier molecular flexibility index (Phi) is 5.52. The van der Waals surface area contributed by atoms with Gasteiger partial charge in [-0.3, -0.25) is 14.6 Å². The Morgan fingerprint density at radius 1 is 1.06 bits per heavy atom. The van der Waals surface area contributed by atoms with Crippen molar-refractivity contribution in [3.8, 4) is 11.5 Å². The Balaban J connectivity index is 1.31. The van der Waals surface area contributed by atoms with Crippen LogP contribution in [0.25, 0.3) is 0 Å². The number of furan rings is 1. The molecule has 9 nitrogen and oxygen atoms in total. The molecule has 2 amide bonds. The average molecular weight is 446 g/mol. The van der Waals surface area contributed by atoms with Gasteiger partial charge >= 0.3 is 0 Å². The van der Waals surface area contributed by atoms with E-state index in [0.29, 0.717) is 53.5 Å². The molecule has 2 aliphatic rings. The van der Waals surface area contributed by atoms with Crippen molar-refractivity contribution < 1.29 is 23.5 Å². The van der Waals surface area contributed by atoms with Crippen LogP contribution in [-0.2, 0) is 13.0 Å². The molecular formula is C24H22N4O5. The lowest BCUT2D eigenvalue weighted by molar-refractivity contribution is 0.0919. The fourth-order valence-electron chi connectivity index (χ4n) is 4.00. The Morgan fingerprint density at radius 2 is 1.88 bits per heavy atom. The zero-order chi connectivity index (χ0) is 22.8. The number of aryl methyl sites for hydroxylation is 1. The van der Waals surface area contributed by atoms with E-state index in [1.165, 1.54) is 0 Å². The maximum Gasteiger partial charge on any atom is 0.287 e. The van der Waals surface area contributed by atoms with Gasteiger partial charge in [0.2, 0.25) is 6.79 Å². The summed E-state index contributed by atoms with van der Waals surface area (Å²) in [4.78, 5) is 29.1. The summed E-state index contributed by atoms with van der Waals surface area (Å²) in [5, 5.41) is 7.24. The number of hydrogen-bond acceptors (Lipinski definition) is 7. The van der Waals surface area contributed by atoms with E-state index in [-0.39, 0.29) is 24.4 Å². The van der Waals surface area contributed by atoms with E-state index in [9.17, 15) is 9.59 Å². The molecule has 1 aromatic carbocycles. The SMILES string of the molecule is Cc1c(C(=O)NCc2ccc3c(c2)OCO3)oc2c1/C(=N/NC(=O)c1ccncc1)CCC2. The molecule has 0 spiro atoms. The van der Waals surface area contributed by atoms with Gasteiger partial charge in [-0.15, -0.1) is 0 Å². The highest BCUT2D eigenvalue weighted by atomic mass is 16.7. The summed E-state index contributed by atoms with van der Waals surface area (Å²) in [6.07, 6.45) is 5.32. The van der Waals surface area contributed by atoms with Crippen molar-refractivity contribution in [3.05, 3.63) is 76.5 Å². The van der Waals surface area contributed by atoms with Crippen molar-refractivity contribution in [2.75, 3.05) is 6.79 Å². The number of nitrogens with zero attached hydrogens (tertiary/aromatic N) is 2. The van der Waals surface area contributed by atoms with Gasteiger partial charge in [-0.25, -0.2) is 5.43 Å². The van der Waals surface area contributed by atoms with Crippen LogP contribution in [0.4, 0.5) is 0 Å². The molecule has 9 heteroatoms. The maximum absolute atomic E-state index is 12.9. The summed E-state index contributed by atoms with van der Waals surface area (Å²) in [6.45, 7) is 2.36. The molecule has 0 saturated carbocycles. The number of carbonyl (C=O) groups excluding carboxylic acids is 2. The third-order valence-electron chi connectivity index (χ3n) is 5.66. The Morgan fingerprint density at radius 3 is 2.73 bits per heavy atom. The van der Waals surface area contributed by atoms with Gasteiger partial charge in [0.15, 0.2) is 17.3 Å². The Labute approximate surface area is 189 Å². The van der Waals surface area contributed by atoms with Crippen molar-refractivity contribution in [1.29, 1.82) is 0 Å². The van der Waals surface area contributed by atoms with E-state index in [1.807, 2.05) is 25.1 Å². The number of ether oxygens (including phenoxy) is 2. The number of hydrazone groups is 1. The standard InChI is InChI=1S/C24H22N4O5/c1-14-21-17(27-28-23(29)16-7-9-25-10-8-16)3-2-4-19(21)33-22(14)24(30)26-12-15-5-6-18-20(11-15)32-13-31-18/h5-11H,2-4,12-13H2,1H3,(H,26,30)(H,28,29)/b27-17+. The largest absolute Gasteiger partial charge is 0.455 e. The molecule has 2 aromatic heterocycles. The average Bonchev–Trinajstić information content (AvgIpc) is 3.45. The number of nitrogens with one attached hydrogen (secondary N) is 2. The lowest BCUT2D eigenvalue weighted by Crippen LogP contribution is -2.23. The van der Waals surface area contributed by atoms with Crippen LogP contribution in [0.1, 0.15) is 56.2 Å². The minimum atomic E-state index is -0.320. The zero-order valence-corrected chi connectivity index (χ0v) is 18.0. The van der Waals surface area contributed by atoms with Crippen LogP contribution < -0.4 is 20.2 Å². The van der Waals surface area contributed by atoms with E-state index < -0.39 is 0 Å². The lowest BCUT2D eigenvalue weighted by atomic mass is 9.93. The van der Waals surface area contributed by atoms with Crippen molar-refractivity contribution in [2.24, 2.45) is 5.10 Å². The highest BCUT2D eigenvalue weighted by Gasteiger charge is 2.28. The van der Waals surface area contributed by atoms with Gasteiger partial charge in [0.1, 0.15) is 5.76 Å². The Bertz CT molecular complexity index is 1250. The summed E-state index contributed by atoms with van der Waals surface area (Å²) in [5.41, 5.74) is 6.17. The van der Waals surface area contributed by atoms with Crippen molar-refractivity contribution in [1.82, 2.24) is 15.7 Å². The van der Waals surface area contributed by atoms with Crippen LogP contribution in [-0.4, -0.2) is 29.3 Å². The first-order chi connectivity index (χ1) is 16.1. The smallest absolute Gasteiger partial charge is 0.287 e. The molecule has 3 aromatic rings. The van der Waals surface area contributed by atoms with Gasteiger partial charge in [-0.1, -0.05) is 6.07 Å². The molecule has 0 atom stereocenters. The number of carbonyl (C=O) groups is 2. The van der Waals surface area contributed by atoms with Crippen LogP contribution in [0.15, 0.2) is 52.2 Å². The predicted octanol–water partition coefficient (Wildman–Crippen LogP) is 3.11. The van der Waals surface area contributed by atoms with Crippen LogP contribution in [0.3, 0.4) is 0 Å². The number of benzene rings is 1. The fraction of sp³-hybridized carbons (Fsp3) is 0.250. The van der Waals surface area contributed by atoms with E-state index in [1.54, 1.807) is 24.5 Å². The number of hydrogen-bond donors (Lipinski definition) is 2. The molecule has 0 unspecified atom stereocenters. The first-order valence-electron chi connectivity index (χ1n) is 10.7. The van der Waals surface area contributed by atoms with E-state index in [2.05, 4.69) is 20.8 Å². The number of rotatable bonds is 5. The molecule has 0 radical (unpaired) electrons.